The van der Waals surface area contributed by atoms with Crippen LogP contribution in [-0.2, 0) is 0 Å². The number of rotatable bonds is 8. The second-order valence-electron chi connectivity index (χ2n) is 7.00. The summed E-state index contributed by atoms with van der Waals surface area (Å²) < 4.78 is 0. The standard InChI is InChI=1S/C15H33N/c1-13(2)8-9-15(5,6)10-11-16(7)12-14(3)4/h13-14H,8-12H2,1-7H3. The first-order chi connectivity index (χ1) is 7.23. The van der Waals surface area contributed by atoms with Crippen molar-refractivity contribution < 1.29 is 0 Å². The molecule has 1 heteroatoms. The second-order valence-corrected chi connectivity index (χ2v) is 7.00. The maximum absolute atomic E-state index is 2.47. The van der Waals surface area contributed by atoms with Gasteiger partial charge < -0.3 is 4.90 Å². The molecule has 0 unspecified atom stereocenters. The molecular weight excluding hydrogens is 194 g/mol. The van der Waals surface area contributed by atoms with Crippen LogP contribution in [0.25, 0.3) is 0 Å². The summed E-state index contributed by atoms with van der Waals surface area (Å²) in [6.07, 6.45) is 4.05. The van der Waals surface area contributed by atoms with Gasteiger partial charge in [0.2, 0.25) is 0 Å². The van der Waals surface area contributed by atoms with Crippen LogP contribution in [0.2, 0.25) is 0 Å². The van der Waals surface area contributed by atoms with Crippen LogP contribution in [0.15, 0.2) is 0 Å². The summed E-state index contributed by atoms with van der Waals surface area (Å²) in [5.74, 6) is 1.62. The van der Waals surface area contributed by atoms with Crippen LogP contribution in [-0.4, -0.2) is 25.0 Å². The Labute approximate surface area is 104 Å². The maximum Gasteiger partial charge on any atom is 0.000134 e. The minimum atomic E-state index is 0.509. The molecule has 0 atom stereocenters. The van der Waals surface area contributed by atoms with Gasteiger partial charge in [-0.15, -0.1) is 0 Å². The van der Waals surface area contributed by atoms with E-state index in [4.69, 9.17) is 0 Å². The van der Waals surface area contributed by atoms with Gasteiger partial charge in [0.25, 0.3) is 0 Å². The van der Waals surface area contributed by atoms with Crippen molar-refractivity contribution in [3.63, 3.8) is 0 Å². The summed E-state index contributed by atoms with van der Waals surface area (Å²) in [5.41, 5.74) is 0.509. The molecule has 0 fully saturated rings. The average Bonchev–Trinajstić information content (AvgIpc) is 2.11. The second kappa shape index (κ2) is 7.32. The van der Waals surface area contributed by atoms with Gasteiger partial charge in [-0.2, -0.15) is 0 Å². The van der Waals surface area contributed by atoms with Crippen LogP contribution < -0.4 is 0 Å². The predicted octanol–water partition coefficient (Wildman–Crippen LogP) is 4.43. The molecule has 0 spiro atoms. The molecule has 0 aliphatic carbocycles. The van der Waals surface area contributed by atoms with E-state index < -0.39 is 0 Å². The molecule has 0 saturated heterocycles. The van der Waals surface area contributed by atoms with Gasteiger partial charge in [-0.3, -0.25) is 0 Å². The molecule has 0 radical (unpaired) electrons. The minimum Gasteiger partial charge on any atom is -0.306 e. The molecule has 0 aliphatic rings. The molecule has 98 valence electrons. The van der Waals surface area contributed by atoms with Crippen LogP contribution in [0.3, 0.4) is 0 Å². The van der Waals surface area contributed by atoms with E-state index >= 15 is 0 Å². The van der Waals surface area contributed by atoms with Crippen molar-refractivity contribution in [1.29, 1.82) is 0 Å². The quantitative estimate of drug-likeness (QED) is 0.593. The van der Waals surface area contributed by atoms with Crippen molar-refractivity contribution in [2.24, 2.45) is 17.3 Å². The fourth-order valence-electron chi connectivity index (χ4n) is 2.01. The third kappa shape index (κ3) is 9.21. The van der Waals surface area contributed by atoms with Gasteiger partial charge in [0.05, 0.1) is 0 Å². The summed E-state index contributed by atoms with van der Waals surface area (Å²) in [4.78, 5) is 2.47. The lowest BCUT2D eigenvalue weighted by molar-refractivity contribution is 0.213. The lowest BCUT2D eigenvalue weighted by Crippen LogP contribution is -2.28. The summed E-state index contributed by atoms with van der Waals surface area (Å²) in [6, 6.07) is 0. The van der Waals surface area contributed by atoms with Gasteiger partial charge in [-0.25, -0.2) is 0 Å². The summed E-state index contributed by atoms with van der Waals surface area (Å²) in [5, 5.41) is 0. The first-order valence-corrected chi connectivity index (χ1v) is 6.91. The Balaban J connectivity index is 3.79. The van der Waals surface area contributed by atoms with Gasteiger partial charge in [0.15, 0.2) is 0 Å². The van der Waals surface area contributed by atoms with Gasteiger partial charge in [0, 0.05) is 6.54 Å². The van der Waals surface area contributed by atoms with Crippen molar-refractivity contribution in [2.75, 3.05) is 20.1 Å². The van der Waals surface area contributed by atoms with Crippen LogP contribution in [0.4, 0.5) is 0 Å². The molecular formula is C15H33N. The first kappa shape index (κ1) is 16.0. The van der Waals surface area contributed by atoms with Crippen molar-refractivity contribution >= 4 is 0 Å². The molecule has 0 rings (SSSR count). The van der Waals surface area contributed by atoms with E-state index in [2.05, 4.69) is 53.5 Å². The Hall–Kier alpha value is -0.0400. The Kier molecular flexibility index (Phi) is 7.30. The van der Waals surface area contributed by atoms with E-state index in [1.165, 1.54) is 32.4 Å². The molecule has 0 heterocycles. The summed E-state index contributed by atoms with van der Waals surface area (Å²) >= 11 is 0. The third-order valence-corrected chi connectivity index (χ3v) is 3.25. The van der Waals surface area contributed by atoms with Crippen molar-refractivity contribution in [2.45, 2.75) is 60.8 Å². The minimum absolute atomic E-state index is 0.509. The SMILES string of the molecule is CC(C)CCC(C)(C)CCN(C)CC(C)C. The number of nitrogens with zero attached hydrogens (tertiary/aromatic N) is 1. The topological polar surface area (TPSA) is 3.24 Å². The Morgan fingerprint density at radius 2 is 1.50 bits per heavy atom. The highest BCUT2D eigenvalue weighted by Crippen LogP contribution is 2.28. The van der Waals surface area contributed by atoms with E-state index in [1.807, 2.05) is 0 Å². The van der Waals surface area contributed by atoms with E-state index in [-0.39, 0.29) is 0 Å². The smallest absolute Gasteiger partial charge is 0.000134 e. The molecule has 0 aliphatic heterocycles. The van der Waals surface area contributed by atoms with Gasteiger partial charge >= 0.3 is 0 Å². The molecule has 0 saturated carbocycles. The Bertz CT molecular complexity index is 170. The van der Waals surface area contributed by atoms with E-state index in [9.17, 15) is 0 Å². The molecule has 0 N–H and O–H groups in total. The summed E-state index contributed by atoms with van der Waals surface area (Å²) in [6.45, 7) is 16.5. The monoisotopic (exact) mass is 227 g/mol. The third-order valence-electron chi connectivity index (χ3n) is 3.25. The van der Waals surface area contributed by atoms with Crippen LogP contribution in [0.5, 0.6) is 0 Å². The average molecular weight is 227 g/mol. The normalized spacial score (nSPS) is 13.1. The molecule has 0 aromatic carbocycles. The molecule has 0 aromatic rings. The zero-order chi connectivity index (χ0) is 12.8. The lowest BCUT2D eigenvalue weighted by Gasteiger charge is -2.29. The fraction of sp³-hybridized carbons (Fsp3) is 1.00. The van der Waals surface area contributed by atoms with Crippen LogP contribution in [0.1, 0.15) is 60.8 Å². The van der Waals surface area contributed by atoms with Gasteiger partial charge in [-0.05, 0) is 43.7 Å². The molecule has 0 aromatic heterocycles. The highest BCUT2D eigenvalue weighted by molar-refractivity contribution is 4.71. The van der Waals surface area contributed by atoms with E-state index in [0.717, 1.165) is 11.8 Å². The fourth-order valence-corrected chi connectivity index (χ4v) is 2.01. The Morgan fingerprint density at radius 1 is 0.938 bits per heavy atom. The molecule has 16 heavy (non-hydrogen) atoms. The van der Waals surface area contributed by atoms with Gasteiger partial charge in [0.1, 0.15) is 0 Å². The molecule has 0 bridgehead atoms. The maximum atomic E-state index is 2.47. The largest absolute Gasteiger partial charge is 0.306 e. The van der Waals surface area contributed by atoms with E-state index in [1.54, 1.807) is 0 Å². The number of hydrogen-bond acceptors (Lipinski definition) is 1. The van der Waals surface area contributed by atoms with E-state index in [0.29, 0.717) is 5.41 Å². The number of hydrogen-bond donors (Lipinski definition) is 0. The van der Waals surface area contributed by atoms with Gasteiger partial charge in [-0.1, -0.05) is 48.0 Å². The summed E-state index contributed by atoms with van der Waals surface area (Å²) in [7, 11) is 2.25. The zero-order valence-electron chi connectivity index (χ0n) is 12.6. The van der Waals surface area contributed by atoms with Crippen molar-refractivity contribution in [3.05, 3.63) is 0 Å². The molecule has 1 nitrogen and oxygen atoms in total. The highest BCUT2D eigenvalue weighted by atomic mass is 15.1. The van der Waals surface area contributed by atoms with Crippen LogP contribution in [0, 0.1) is 17.3 Å². The van der Waals surface area contributed by atoms with Crippen molar-refractivity contribution in [3.8, 4) is 0 Å². The Morgan fingerprint density at radius 3 is 1.94 bits per heavy atom. The molecule has 0 amide bonds. The highest BCUT2D eigenvalue weighted by Gasteiger charge is 2.18. The van der Waals surface area contributed by atoms with Crippen molar-refractivity contribution in [1.82, 2.24) is 4.90 Å². The van der Waals surface area contributed by atoms with Crippen LogP contribution >= 0.6 is 0 Å². The predicted molar refractivity (Wildman–Crippen MR) is 74.8 cm³/mol. The first-order valence-electron chi connectivity index (χ1n) is 6.91. The lowest BCUT2D eigenvalue weighted by atomic mass is 9.82. The zero-order valence-corrected chi connectivity index (χ0v) is 12.6.